The summed E-state index contributed by atoms with van der Waals surface area (Å²) in [5.74, 6) is 1.44. The predicted octanol–water partition coefficient (Wildman–Crippen LogP) is 2.48. The highest BCUT2D eigenvalue weighted by molar-refractivity contribution is 7.11. The molecule has 0 aliphatic carbocycles. The lowest BCUT2D eigenvalue weighted by Gasteiger charge is -2.11. The molecule has 0 amide bonds. The Balaban J connectivity index is 2.09. The van der Waals surface area contributed by atoms with Crippen molar-refractivity contribution in [2.45, 2.75) is 40.0 Å². The van der Waals surface area contributed by atoms with Crippen LogP contribution < -0.4 is 10.6 Å². The number of aryl methyl sites for hydroxylation is 1. The molecular weight excluding hydrogens is 296 g/mol. The molecule has 2 N–H and O–H groups in total. The van der Waals surface area contributed by atoms with E-state index < -0.39 is 0 Å². The van der Waals surface area contributed by atoms with E-state index in [1.54, 1.807) is 18.4 Å². The summed E-state index contributed by atoms with van der Waals surface area (Å²) >= 11 is 1.79. The molecule has 22 heavy (non-hydrogen) atoms. The average molecular weight is 327 g/mol. The lowest BCUT2D eigenvalue weighted by atomic mass is 10.2. The Hall–Kier alpha value is -1.14. The molecule has 0 aliphatic heterocycles. The molecule has 1 aromatic heterocycles. The van der Waals surface area contributed by atoms with Crippen molar-refractivity contribution < 1.29 is 4.74 Å². The van der Waals surface area contributed by atoms with Crippen LogP contribution in [-0.2, 0) is 17.6 Å². The molecule has 1 rings (SSSR count). The number of thiazole rings is 1. The maximum absolute atomic E-state index is 5.56. The number of guanidine groups is 1. The van der Waals surface area contributed by atoms with Gasteiger partial charge in [0.25, 0.3) is 0 Å². The van der Waals surface area contributed by atoms with Gasteiger partial charge < -0.3 is 15.4 Å². The van der Waals surface area contributed by atoms with Crippen LogP contribution in [-0.4, -0.2) is 44.3 Å². The Bertz CT molecular complexity index is 432. The molecule has 0 saturated heterocycles. The van der Waals surface area contributed by atoms with Crippen molar-refractivity contribution in [3.8, 4) is 0 Å². The summed E-state index contributed by atoms with van der Waals surface area (Å²) in [5.41, 5.74) is 0. The minimum atomic E-state index is 0.599. The zero-order valence-corrected chi connectivity index (χ0v) is 15.1. The normalized spacial score (nSPS) is 12.0. The first kappa shape index (κ1) is 18.9. The molecule has 5 nitrogen and oxygen atoms in total. The Morgan fingerprint density at radius 1 is 1.36 bits per heavy atom. The van der Waals surface area contributed by atoms with Crippen LogP contribution in [0.15, 0.2) is 11.2 Å². The third kappa shape index (κ3) is 8.34. The molecule has 126 valence electrons. The van der Waals surface area contributed by atoms with Gasteiger partial charge in [0.05, 0.1) is 5.01 Å². The molecule has 0 saturated carbocycles. The number of nitrogens with zero attached hydrogens (tertiary/aromatic N) is 2. The van der Waals surface area contributed by atoms with E-state index in [0.717, 1.165) is 51.5 Å². The quantitative estimate of drug-likeness (QED) is 0.394. The molecule has 0 unspecified atom stereocenters. The van der Waals surface area contributed by atoms with Crippen LogP contribution in [0.1, 0.15) is 37.1 Å². The highest BCUT2D eigenvalue weighted by Crippen LogP contribution is 2.13. The third-order valence-electron chi connectivity index (χ3n) is 3.01. The number of ether oxygens (including phenoxy) is 1. The maximum Gasteiger partial charge on any atom is 0.190 e. The molecule has 0 spiro atoms. The van der Waals surface area contributed by atoms with E-state index >= 15 is 0 Å². The van der Waals surface area contributed by atoms with E-state index in [-0.39, 0.29) is 0 Å². The minimum Gasteiger partial charge on any atom is -0.381 e. The molecule has 0 aromatic carbocycles. The molecule has 0 bridgehead atoms. The zero-order valence-electron chi connectivity index (χ0n) is 14.3. The summed E-state index contributed by atoms with van der Waals surface area (Å²) in [5, 5.41) is 7.80. The maximum atomic E-state index is 5.56. The first-order valence-corrected chi connectivity index (χ1v) is 8.93. The fourth-order valence-electron chi connectivity index (χ4n) is 1.84. The van der Waals surface area contributed by atoms with E-state index in [9.17, 15) is 0 Å². The van der Waals surface area contributed by atoms with Crippen LogP contribution in [0, 0.1) is 5.92 Å². The van der Waals surface area contributed by atoms with Crippen molar-refractivity contribution in [2.75, 3.05) is 33.4 Å². The molecule has 0 atom stereocenters. The molecule has 6 heteroatoms. The Morgan fingerprint density at radius 2 is 2.14 bits per heavy atom. The zero-order chi connectivity index (χ0) is 16.2. The van der Waals surface area contributed by atoms with Crippen molar-refractivity contribution in [3.63, 3.8) is 0 Å². The molecule has 0 aliphatic rings. The fraction of sp³-hybridized carbons (Fsp3) is 0.750. The van der Waals surface area contributed by atoms with Gasteiger partial charge in [0, 0.05) is 50.8 Å². The SMILES string of the molecule is CCc1cnc(CCNC(=NC)NCCCOCC(C)C)s1. The highest BCUT2D eigenvalue weighted by Gasteiger charge is 2.02. The van der Waals surface area contributed by atoms with Gasteiger partial charge >= 0.3 is 0 Å². The van der Waals surface area contributed by atoms with E-state index in [1.165, 1.54) is 9.88 Å². The molecule has 1 heterocycles. The average Bonchev–Trinajstić information content (AvgIpc) is 2.96. The highest BCUT2D eigenvalue weighted by atomic mass is 32.1. The molecule has 0 fully saturated rings. The van der Waals surface area contributed by atoms with Crippen LogP contribution in [0.4, 0.5) is 0 Å². The second-order valence-corrected chi connectivity index (χ2v) is 6.77. The molecular formula is C16H30N4OS. The molecule has 1 aromatic rings. The Kier molecular flexibility index (Phi) is 9.82. The molecule has 0 radical (unpaired) electrons. The number of rotatable bonds is 10. The smallest absolute Gasteiger partial charge is 0.190 e. The van der Waals surface area contributed by atoms with Crippen LogP contribution in [0.2, 0.25) is 0 Å². The summed E-state index contributed by atoms with van der Waals surface area (Å²) in [7, 11) is 1.79. The largest absolute Gasteiger partial charge is 0.381 e. The van der Waals surface area contributed by atoms with Crippen LogP contribution >= 0.6 is 11.3 Å². The van der Waals surface area contributed by atoms with Crippen molar-refractivity contribution in [2.24, 2.45) is 10.9 Å². The summed E-state index contributed by atoms with van der Waals surface area (Å²) in [6, 6.07) is 0. The second-order valence-electron chi connectivity index (χ2n) is 5.57. The standard InChI is InChI=1S/C16H30N4OS/c1-5-14-11-20-15(22-14)7-9-19-16(17-4)18-8-6-10-21-12-13(2)3/h11,13H,5-10,12H2,1-4H3,(H2,17,18,19). The van der Waals surface area contributed by atoms with E-state index in [4.69, 9.17) is 4.74 Å². The number of aromatic nitrogens is 1. The monoisotopic (exact) mass is 326 g/mol. The number of hydrogen-bond acceptors (Lipinski definition) is 4. The first-order valence-electron chi connectivity index (χ1n) is 8.11. The van der Waals surface area contributed by atoms with Crippen LogP contribution in [0.3, 0.4) is 0 Å². The third-order valence-corrected chi connectivity index (χ3v) is 4.22. The van der Waals surface area contributed by atoms with Gasteiger partial charge in [0.2, 0.25) is 0 Å². The number of hydrogen-bond donors (Lipinski definition) is 2. The summed E-state index contributed by atoms with van der Waals surface area (Å²) in [6.07, 6.45) is 4.96. The minimum absolute atomic E-state index is 0.599. The Labute approximate surface area is 138 Å². The van der Waals surface area contributed by atoms with Crippen molar-refractivity contribution in [1.82, 2.24) is 15.6 Å². The lowest BCUT2D eigenvalue weighted by molar-refractivity contribution is 0.108. The predicted molar refractivity (Wildman–Crippen MR) is 94.8 cm³/mol. The summed E-state index contributed by atoms with van der Waals surface area (Å²) < 4.78 is 5.56. The van der Waals surface area contributed by atoms with Gasteiger partial charge in [-0.2, -0.15) is 0 Å². The Morgan fingerprint density at radius 3 is 2.77 bits per heavy atom. The van der Waals surface area contributed by atoms with Gasteiger partial charge in [-0.05, 0) is 18.8 Å². The van der Waals surface area contributed by atoms with Crippen molar-refractivity contribution >= 4 is 17.3 Å². The van der Waals surface area contributed by atoms with E-state index in [1.807, 2.05) is 6.20 Å². The van der Waals surface area contributed by atoms with Crippen molar-refractivity contribution in [1.29, 1.82) is 0 Å². The first-order chi connectivity index (χ1) is 10.7. The van der Waals surface area contributed by atoms with Gasteiger partial charge in [0.1, 0.15) is 0 Å². The van der Waals surface area contributed by atoms with Crippen LogP contribution in [0.25, 0.3) is 0 Å². The number of aliphatic imine (C=N–C) groups is 1. The van der Waals surface area contributed by atoms with Gasteiger partial charge in [-0.3, -0.25) is 4.99 Å². The van der Waals surface area contributed by atoms with E-state index in [2.05, 4.69) is 41.4 Å². The summed E-state index contributed by atoms with van der Waals surface area (Å²) in [4.78, 5) is 9.99. The van der Waals surface area contributed by atoms with Gasteiger partial charge in [-0.15, -0.1) is 11.3 Å². The van der Waals surface area contributed by atoms with Gasteiger partial charge in [0.15, 0.2) is 5.96 Å². The summed E-state index contributed by atoms with van der Waals surface area (Å²) in [6.45, 7) is 9.83. The van der Waals surface area contributed by atoms with Crippen molar-refractivity contribution in [3.05, 3.63) is 16.1 Å². The van der Waals surface area contributed by atoms with Gasteiger partial charge in [-0.25, -0.2) is 4.98 Å². The fourth-order valence-corrected chi connectivity index (χ4v) is 2.70. The lowest BCUT2D eigenvalue weighted by Crippen LogP contribution is -2.39. The van der Waals surface area contributed by atoms with E-state index in [0.29, 0.717) is 5.92 Å². The topological polar surface area (TPSA) is 58.5 Å². The second kappa shape index (κ2) is 11.4. The number of nitrogens with one attached hydrogen (secondary N) is 2. The van der Waals surface area contributed by atoms with Crippen LogP contribution in [0.5, 0.6) is 0 Å². The van der Waals surface area contributed by atoms with Gasteiger partial charge in [-0.1, -0.05) is 20.8 Å².